The van der Waals surface area contributed by atoms with Crippen LogP contribution in [-0.2, 0) is 17.8 Å². The second-order valence-electron chi connectivity index (χ2n) is 2.98. The third-order valence-electron chi connectivity index (χ3n) is 2.22. The third-order valence-corrected chi connectivity index (χ3v) is 2.22. The van der Waals surface area contributed by atoms with Gasteiger partial charge in [-0.25, -0.2) is 0 Å². The van der Waals surface area contributed by atoms with Crippen molar-refractivity contribution in [3.8, 4) is 0 Å². The minimum absolute atomic E-state index is 0.397. The van der Waals surface area contributed by atoms with E-state index in [2.05, 4.69) is 10.6 Å². The number of rotatable bonds is 0. The van der Waals surface area contributed by atoms with Gasteiger partial charge in [0.05, 0.1) is 0 Å². The van der Waals surface area contributed by atoms with Gasteiger partial charge >= 0.3 is 0 Å². The zero-order chi connectivity index (χ0) is 7.68. The first-order chi connectivity index (χ1) is 5.36. The Morgan fingerprint density at radius 2 is 2.18 bits per heavy atom. The number of carbonyl (C=O) groups excluding carboxylic acids is 1. The largest absolute Gasteiger partial charge is 0.351 e. The Bertz CT molecular complexity index is 250. The second kappa shape index (κ2) is 2.53. The number of fused-ring (bicyclic) bond motifs is 1. The van der Waals surface area contributed by atoms with Crippen LogP contribution in [0.1, 0.15) is 18.5 Å². The van der Waals surface area contributed by atoms with E-state index >= 15 is 0 Å². The van der Waals surface area contributed by atoms with E-state index in [0.29, 0.717) is 12.2 Å². The molecule has 0 unspecified atom stereocenters. The molecule has 0 amide bonds. The van der Waals surface area contributed by atoms with Gasteiger partial charge in [-0.05, 0) is 18.6 Å². The summed E-state index contributed by atoms with van der Waals surface area (Å²) in [6.07, 6.45) is 4.41. The highest BCUT2D eigenvalue weighted by Gasteiger charge is 2.10. The minimum Gasteiger partial charge on any atom is -0.351 e. The van der Waals surface area contributed by atoms with Crippen molar-refractivity contribution >= 4 is 5.78 Å². The predicted molar refractivity (Wildman–Crippen MR) is 42.4 cm³/mol. The first-order valence-electron chi connectivity index (χ1n) is 4.02. The van der Waals surface area contributed by atoms with Crippen LogP contribution in [0.25, 0.3) is 0 Å². The number of carbonyl (C=O) groups is 1. The molecule has 2 nitrogen and oxygen atoms in total. The maximum atomic E-state index is 11.0. The topological polar surface area (TPSA) is 22.0 Å². The van der Waals surface area contributed by atoms with Gasteiger partial charge in [-0.1, -0.05) is 0 Å². The Morgan fingerprint density at radius 1 is 1.27 bits per heavy atom. The van der Waals surface area contributed by atoms with Crippen molar-refractivity contribution in [2.45, 2.75) is 25.8 Å². The summed E-state index contributed by atoms with van der Waals surface area (Å²) in [5, 5.41) is 0. The molecular formula is C9H11NO. The molecule has 0 saturated heterocycles. The van der Waals surface area contributed by atoms with Crippen molar-refractivity contribution in [2.24, 2.45) is 0 Å². The molecule has 0 saturated carbocycles. The second-order valence-corrected chi connectivity index (χ2v) is 2.98. The van der Waals surface area contributed by atoms with Crippen LogP contribution in [0.2, 0.25) is 0 Å². The fourth-order valence-electron chi connectivity index (χ4n) is 1.53. The molecular weight excluding hydrogens is 138 g/mol. The van der Waals surface area contributed by atoms with Crippen LogP contribution < -0.4 is 0 Å². The first kappa shape index (κ1) is 6.65. The van der Waals surface area contributed by atoms with E-state index in [9.17, 15) is 4.79 Å². The van der Waals surface area contributed by atoms with Crippen molar-refractivity contribution in [3.63, 3.8) is 0 Å². The molecule has 0 aromatic carbocycles. The minimum atomic E-state index is 0.397. The summed E-state index contributed by atoms with van der Waals surface area (Å²) in [5.74, 6) is 0.397. The molecule has 0 aliphatic carbocycles. The summed E-state index contributed by atoms with van der Waals surface area (Å²) < 4.78 is 2.17. The zero-order valence-electron chi connectivity index (χ0n) is 6.42. The lowest BCUT2D eigenvalue weighted by Gasteiger charge is -2.00. The van der Waals surface area contributed by atoms with Crippen LogP contribution in [0.5, 0.6) is 0 Å². The lowest BCUT2D eigenvalue weighted by Crippen LogP contribution is -1.99. The normalized spacial score (nSPS) is 17.6. The molecule has 1 aliphatic heterocycles. The molecule has 0 bridgehead atoms. The smallest absolute Gasteiger partial charge is 0.135 e. The molecule has 2 rings (SSSR count). The molecule has 58 valence electrons. The molecule has 1 aromatic rings. The van der Waals surface area contributed by atoms with Crippen LogP contribution >= 0.6 is 0 Å². The highest BCUT2D eigenvalue weighted by molar-refractivity contribution is 5.78. The number of Topliss-reactive ketones (excluding diaryl/α,β-unsaturated/α-hetero) is 1. The quantitative estimate of drug-likeness (QED) is 0.546. The van der Waals surface area contributed by atoms with E-state index in [1.54, 1.807) is 0 Å². The van der Waals surface area contributed by atoms with E-state index in [1.165, 1.54) is 5.69 Å². The Morgan fingerprint density at radius 3 is 3.09 bits per heavy atom. The SMILES string of the molecule is O=C1CCc2cccn2CC1. The monoisotopic (exact) mass is 149 g/mol. The van der Waals surface area contributed by atoms with Crippen molar-refractivity contribution in [1.29, 1.82) is 0 Å². The van der Waals surface area contributed by atoms with Crippen molar-refractivity contribution in [1.82, 2.24) is 4.57 Å². The summed E-state index contributed by atoms with van der Waals surface area (Å²) in [5.41, 5.74) is 1.30. The van der Waals surface area contributed by atoms with E-state index in [4.69, 9.17) is 0 Å². The maximum absolute atomic E-state index is 11.0. The van der Waals surface area contributed by atoms with Gasteiger partial charge in [-0.3, -0.25) is 4.79 Å². The number of hydrogen-bond acceptors (Lipinski definition) is 1. The third kappa shape index (κ3) is 1.20. The van der Waals surface area contributed by atoms with Gasteiger partial charge < -0.3 is 4.57 Å². The van der Waals surface area contributed by atoms with Gasteiger partial charge in [0.1, 0.15) is 5.78 Å². The lowest BCUT2D eigenvalue weighted by atomic mass is 10.2. The van der Waals surface area contributed by atoms with Crippen molar-refractivity contribution in [3.05, 3.63) is 24.0 Å². The number of nitrogens with zero attached hydrogens (tertiary/aromatic N) is 1. The van der Waals surface area contributed by atoms with Gasteiger partial charge in [0, 0.05) is 31.3 Å². The van der Waals surface area contributed by atoms with Crippen LogP contribution in [0, 0.1) is 0 Å². The van der Waals surface area contributed by atoms with Crippen molar-refractivity contribution < 1.29 is 4.79 Å². The Labute approximate surface area is 65.8 Å². The van der Waals surface area contributed by atoms with Crippen LogP contribution in [0.3, 0.4) is 0 Å². The Kier molecular flexibility index (Phi) is 1.53. The summed E-state index contributed by atoms with van der Waals surface area (Å²) in [7, 11) is 0. The van der Waals surface area contributed by atoms with Gasteiger partial charge in [-0.2, -0.15) is 0 Å². The highest BCUT2D eigenvalue weighted by atomic mass is 16.1. The number of aromatic nitrogens is 1. The average Bonchev–Trinajstić information content (AvgIpc) is 2.38. The van der Waals surface area contributed by atoms with Gasteiger partial charge in [0.15, 0.2) is 0 Å². The Hall–Kier alpha value is -1.05. The molecule has 0 spiro atoms. The first-order valence-corrected chi connectivity index (χ1v) is 4.02. The molecule has 0 N–H and O–H groups in total. The summed E-state index contributed by atoms with van der Waals surface area (Å²) >= 11 is 0. The van der Waals surface area contributed by atoms with Gasteiger partial charge in [-0.15, -0.1) is 0 Å². The standard InChI is InChI=1S/C9H11NO/c11-9-4-3-8-2-1-6-10(8)7-5-9/h1-2,6H,3-5,7H2. The lowest BCUT2D eigenvalue weighted by molar-refractivity contribution is -0.119. The number of ketones is 1. The van der Waals surface area contributed by atoms with Gasteiger partial charge in [0.25, 0.3) is 0 Å². The summed E-state index contributed by atoms with van der Waals surface area (Å²) in [4.78, 5) is 11.0. The molecule has 0 atom stereocenters. The molecule has 1 aromatic heterocycles. The van der Waals surface area contributed by atoms with Crippen molar-refractivity contribution in [2.75, 3.05) is 0 Å². The van der Waals surface area contributed by atoms with Crippen LogP contribution in [0.4, 0.5) is 0 Å². The fraction of sp³-hybridized carbons (Fsp3) is 0.444. The number of hydrogen-bond donors (Lipinski definition) is 0. The maximum Gasteiger partial charge on any atom is 0.135 e. The average molecular weight is 149 g/mol. The molecule has 0 fully saturated rings. The summed E-state index contributed by atoms with van der Waals surface area (Å²) in [6, 6.07) is 4.14. The molecule has 2 heterocycles. The molecule has 2 heteroatoms. The molecule has 11 heavy (non-hydrogen) atoms. The van der Waals surface area contributed by atoms with E-state index < -0.39 is 0 Å². The fourth-order valence-corrected chi connectivity index (χ4v) is 1.53. The van der Waals surface area contributed by atoms with E-state index in [0.717, 1.165) is 19.4 Å². The zero-order valence-corrected chi connectivity index (χ0v) is 6.42. The predicted octanol–water partition coefficient (Wildman–Crippen LogP) is 1.39. The van der Waals surface area contributed by atoms with E-state index in [1.807, 2.05) is 12.3 Å². The highest BCUT2D eigenvalue weighted by Crippen LogP contribution is 2.12. The van der Waals surface area contributed by atoms with Crippen LogP contribution in [-0.4, -0.2) is 10.4 Å². The van der Waals surface area contributed by atoms with E-state index in [-0.39, 0.29) is 0 Å². The summed E-state index contributed by atoms with van der Waals surface area (Å²) in [6.45, 7) is 0.876. The Balaban J connectivity index is 2.27. The van der Waals surface area contributed by atoms with Gasteiger partial charge in [0.2, 0.25) is 0 Å². The molecule has 0 radical (unpaired) electrons. The number of aryl methyl sites for hydroxylation is 2. The molecule has 1 aliphatic rings. The van der Waals surface area contributed by atoms with Crippen LogP contribution in [0.15, 0.2) is 18.3 Å².